The SMILES string of the molecule is [2H]C([2H])(OC(=O)N[C@@H](CC(C)C)C(=O)N[C@@H](C[C@@H]1CCNC1=O)C(O)S(=O)(=O)[O-])[C@@H]1C[C@@H]2C=CC[C@@H](C2)C1.[Na+]. The van der Waals surface area contributed by atoms with Gasteiger partial charge in [-0.25, -0.2) is 13.2 Å². The first-order valence-corrected chi connectivity index (χ1v) is 14.0. The van der Waals surface area contributed by atoms with Crippen LogP contribution in [0.2, 0.25) is 0 Å². The van der Waals surface area contributed by atoms with Crippen molar-refractivity contribution in [3.05, 3.63) is 12.2 Å². The van der Waals surface area contributed by atoms with Crippen LogP contribution in [-0.2, 0) is 24.4 Å². The Hall–Kier alpha value is -1.18. The molecule has 4 N–H and O–H groups in total. The van der Waals surface area contributed by atoms with Crippen LogP contribution in [0.4, 0.5) is 4.79 Å². The molecule has 37 heavy (non-hydrogen) atoms. The fourth-order valence-electron chi connectivity index (χ4n) is 5.31. The van der Waals surface area contributed by atoms with Crippen LogP contribution in [0, 0.1) is 29.6 Å². The van der Waals surface area contributed by atoms with Gasteiger partial charge in [-0.05, 0) is 68.6 Å². The van der Waals surface area contributed by atoms with E-state index in [1.165, 1.54) is 0 Å². The van der Waals surface area contributed by atoms with Gasteiger partial charge in [0.05, 0.1) is 15.3 Å². The van der Waals surface area contributed by atoms with Crippen LogP contribution in [0.3, 0.4) is 0 Å². The molecule has 3 amide bonds. The number of carbonyl (C=O) groups excluding carboxylic acids is 3. The molecule has 1 heterocycles. The second-order valence-electron chi connectivity index (χ2n) is 10.5. The van der Waals surface area contributed by atoms with E-state index in [-0.39, 0.29) is 60.1 Å². The average Bonchev–Trinajstić information content (AvgIpc) is 3.20. The maximum atomic E-state index is 13.1. The van der Waals surface area contributed by atoms with Crippen LogP contribution in [0.1, 0.15) is 61.5 Å². The minimum Gasteiger partial charge on any atom is -0.746 e. The molecule has 1 aliphatic heterocycles. The summed E-state index contributed by atoms with van der Waals surface area (Å²) < 4.78 is 56.5. The number of aliphatic hydroxyl groups is 1. The minimum atomic E-state index is -5.23. The van der Waals surface area contributed by atoms with E-state index in [1.807, 2.05) is 0 Å². The van der Waals surface area contributed by atoms with E-state index in [1.54, 1.807) is 13.8 Å². The maximum Gasteiger partial charge on any atom is 1.00 e. The third-order valence-electron chi connectivity index (χ3n) is 7.02. The van der Waals surface area contributed by atoms with E-state index < -0.39 is 58.0 Å². The fourth-order valence-corrected chi connectivity index (χ4v) is 5.89. The summed E-state index contributed by atoms with van der Waals surface area (Å²) in [7, 11) is -5.23. The number of allylic oxidation sites excluding steroid dienone is 2. The van der Waals surface area contributed by atoms with Crippen molar-refractivity contribution in [2.75, 3.05) is 13.1 Å². The largest absolute Gasteiger partial charge is 1.00 e. The van der Waals surface area contributed by atoms with Crippen molar-refractivity contribution in [1.29, 1.82) is 0 Å². The zero-order valence-corrected chi connectivity index (χ0v) is 24.5. The second kappa shape index (κ2) is 14.3. The molecule has 0 aromatic carbocycles. The first-order chi connectivity index (χ1) is 17.7. The van der Waals surface area contributed by atoms with Gasteiger partial charge in [-0.2, -0.15) is 0 Å². The first-order valence-electron chi connectivity index (χ1n) is 13.5. The molecule has 13 heteroatoms. The molecular weight excluding hydrogens is 513 g/mol. The zero-order chi connectivity index (χ0) is 28.3. The van der Waals surface area contributed by atoms with Gasteiger partial charge in [0.15, 0.2) is 5.44 Å². The van der Waals surface area contributed by atoms with Gasteiger partial charge in [0, 0.05) is 12.5 Å². The van der Waals surface area contributed by atoms with Gasteiger partial charge in [-0.15, -0.1) is 0 Å². The number of ether oxygens (including phenoxy) is 1. The Balaban J connectivity index is 0.00000533. The Morgan fingerprint density at radius 2 is 2.03 bits per heavy atom. The van der Waals surface area contributed by atoms with Gasteiger partial charge in [0.1, 0.15) is 16.2 Å². The summed E-state index contributed by atoms with van der Waals surface area (Å²) in [6.45, 7) is 1.63. The number of hydrogen-bond acceptors (Lipinski definition) is 8. The molecule has 2 bridgehead atoms. The Morgan fingerprint density at radius 3 is 2.62 bits per heavy atom. The monoisotopic (exact) mass is 553 g/mol. The summed E-state index contributed by atoms with van der Waals surface area (Å²) in [6, 6.07) is -2.86. The van der Waals surface area contributed by atoms with Crippen molar-refractivity contribution < 1.29 is 69.5 Å². The maximum absolute atomic E-state index is 13.1. The summed E-state index contributed by atoms with van der Waals surface area (Å²) in [5.74, 6) is -2.05. The standard InChI is InChI=1S/C24H39N3O8S.Na/c1-14(2)8-19(27-24(31)35-13-17-10-15-4-3-5-16(9-15)11-17)22(29)26-20(23(30)36(32,33)34)12-18-6-7-25-21(18)28;/h3-4,14-20,23,30H,5-13H2,1-2H3,(H,25,28)(H,26,29)(H,27,31)(H,32,33,34);/q;+1/p-1/t15-,16+,17-,18+,19+,20+,23?;/m1./s1/i13D2;. The molecule has 1 saturated heterocycles. The molecule has 0 aromatic rings. The van der Waals surface area contributed by atoms with Crippen LogP contribution >= 0.6 is 0 Å². The van der Waals surface area contributed by atoms with Crippen LogP contribution in [-0.4, -0.2) is 66.6 Å². The number of aliphatic hydroxyl groups excluding tert-OH is 1. The number of rotatable bonds is 11. The number of nitrogens with one attached hydrogen (secondary N) is 3. The van der Waals surface area contributed by atoms with E-state index in [9.17, 15) is 32.5 Å². The summed E-state index contributed by atoms with van der Waals surface area (Å²) in [5, 5.41) is 17.4. The van der Waals surface area contributed by atoms with Gasteiger partial charge >= 0.3 is 35.7 Å². The third kappa shape index (κ3) is 9.81. The fraction of sp³-hybridized carbons (Fsp3) is 0.792. The van der Waals surface area contributed by atoms with Crippen LogP contribution in [0.5, 0.6) is 0 Å². The van der Waals surface area contributed by atoms with Gasteiger partial charge in [0.25, 0.3) is 0 Å². The number of alkyl carbamates (subject to hydrolysis) is 1. The van der Waals surface area contributed by atoms with Crippen molar-refractivity contribution in [2.24, 2.45) is 29.6 Å². The average molecular weight is 554 g/mol. The van der Waals surface area contributed by atoms with Crippen molar-refractivity contribution in [3.63, 3.8) is 0 Å². The van der Waals surface area contributed by atoms with Crippen LogP contribution in [0.15, 0.2) is 12.2 Å². The van der Waals surface area contributed by atoms with E-state index >= 15 is 0 Å². The minimum absolute atomic E-state index is 0. The molecule has 11 nitrogen and oxygen atoms in total. The van der Waals surface area contributed by atoms with E-state index in [4.69, 9.17) is 7.48 Å². The molecule has 204 valence electrons. The summed E-state index contributed by atoms with van der Waals surface area (Å²) >= 11 is 0. The number of amides is 3. The van der Waals surface area contributed by atoms with Crippen molar-refractivity contribution in [2.45, 2.75) is 76.3 Å². The molecular formula is C24H38N3NaO8S. The Kier molecular flexibility index (Phi) is 11.1. The molecule has 2 aliphatic carbocycles. The number of carbonyl (C=O) groups is 3. The molecule has 2 fully saturated rings. The van der Waals surface area contributed by atoms with E-state index in [2.05, 4.69) is 28.1 Å². The molecule has 0 aromatic heterocycles. The number of hydrogen-bond donors (Lipinski definition) is 4. The van der Waals surface area contributed by atoms with E-state index in [0.717, 1.165) is 12.8 Å². The van der Waals surface area contributed by atoms with Crippen LogP contribution in [0.25, 0.3) is 0 Å². The molecule has 1 unspecified atom stereocenters. The summed E-state index contributed by atoms with van der Waals surface area (Å²) in [4.78, 5) is 37.8. The quantitative estimate of drug-likeness (QED) is 0.129. The topological polar surface area (TPSA) is 174 Å². The third-order valence-corrected chi connectivity index (χ3v) is 7.94. The second-order valence-corrected chi connectivity index (χ2v) is 12.0. The zero-order valence-electron chi connectivity index (χ0n) is 23.6. The van der Waals surface area contributed by atoms with Gasteiger partial charge < -0.3 is 30.3 Å². The molecule has 0 spiro atoms. The molecule has 0 radical (unpaired) electrons. The summed E-state index contributed by atoms with van der Waals surface area (Å²) in [6.07, 6.45) is 6.13. The Morgan fingerprint density at radius 1 is 1.30 bits per heavy atom. The molecule has 3 aliphatic rings. The molecule has 1 saturated carbocycles. The van der Waals surface area contributed by atoms with Gasteiger partial charge in [0.2, 0.25) is 11.8 Å². The first kappa shape index (κ1) is 28.8. The van der Waals surface area contributed by atoms with Gasteiger partial charge in [-0.1, -0.05) is 26.0 Å². The predicted molar refractivity (Wildman–Crippen MR) is 129 cm³/mol. The molecule has 3 rings (SSSR count). The van der Waals surface area contributed by atoms with E-state index in [0.29, 0.717) is 31.7 Å². The number of fused-ring (bicyclic) bond motifs is 2. The van der Waals surface area contributed by atoms with Crippen LogP contribution < -0.4 is 45.5 Å². The molecule has 7 atom stereocenters. The summed E-state index contributed by atoms with van der Waals surface area (Å²) in [5.41, 5.74) is -2.50. The van der Waals surface area contributed by atoms with Crippen molar-refractivity contribution >= 4 is 28.0 Å². The van der Waals surface area contributed by atoms with Crippen molar-refractivity contribution in [1.82, 2.24) is 16.0 Å². The smallest absolute Gasteiger partial charge is 0.746 e. The van der Waals surface area contributed by atoms with Gasteiger partial charge in [-0.3, -0.25) is 9.59 Å². The Bertz CT molecular complexity index is 1030. The Labute approximate surface area is 243 Å². The normalized spacial score (nSPS) is 28.6. The van der Waals surface area contributed by atoms with Crippen molar-refractivity contribution in [3.8, 4) is 0 Å². The predicted octanol–water partition coefficient (Wildman–Crippen LogP) is -2.00.